The zero-order valence-corrected chi connectivity index (χ0v) is 51.9. The Hall–Kier alpha value is -6.78. The average molecular weight is 1070 g/mol. The molecule has 8 aromatic carbocycles. The highest BCUT2D eigenvalue weighted by atomic mass is 16.3. The first-order chi connectivity index (χ1) is 37.9. The second-order valence-corrected chi connectivity index (χ2v) is 30.9. The molecule has 1 aromatic heterocycles. The molecule has 3 heterocycles. The van der Waals surface area contributed by atoms with Crippen LogP contribution < -0.4 is 26.2 Å². The summed E-state index contributed by atoms with van der Waals surface area (Å²) in [6.45, 7) is 43.3. The van der Waals surface area contributed by atoms with Crippen LogP contribution in [0.4, 0.5) is 34.1 Å². The third-order valence-corrected chi connectivity index (χ3v) is 20.0. The molecule has 0 atom stereocenters. The standard InChI is InChI=1S/C77H85BN2O/c1-46-38-54-56(75(13,14)37-36-74(54,11)12)43-61(46)80-63-44-57-55(76(15,16)45-77(57,17)18)42-59(63)78-58-35-30-49(68(47-26-31-50(32-27-47)71(2,3)4)48-28-33-51(34-29-48)72(5,6)7)39-62(58)79(64-40-52(73(8,9)10)41-65(80)70(64)78)60-23-21-25-67-69(60)53-22-19-20-24-66(53)81-67/h19-35,38-44,68H,36-37,45H2,1-18H3. The van der Waals surface area contributed by atoms with Crippen LogP contribution >= 0.6 is 0 Å². The van der Waals surface area contributed by atoms with E-state index in [0.29, 0.717) is 0 Å². The number of aryl methyl sites for hydroxylation is 1. The Morgan fingerprint density at radius 3 is 1.48 bits per heavy atom. The maximum Gasteiger partial charge on any atom is 0.252 e. The highest BCUT2D eigenvalue weighted by Gasteiger charge is 2.50. The second kappa shape index (κ2) is 17.6. The number of anilines is 6. The number of para-hydroxylation sites is 1. The molecule has 0 spiro atoms. The van der Waals surface area contributed by atoms with Crippen LogP contribution in [0.15, 0.2) is 150 Å². The average Bonchev–Trinajstić information content (AvgIpc) is 3.92. The number of hydrogen-bond donors (Lipinski definition) is 0. The normalized spacial score (nSPS) is 17.5. The topological polar surface area (TPSA) is 19.6 Å². The maximum absolute atomic E-state index is 6.81. The molecule has 4 aliphatic rings. The highest BCUT2D eigenvalue weighted by Crippen LogP contribution is 2.56. The van der Waals surface area contributed by atoms with Gasteiger partial charge < -0.3 is 14.2 Å². The summed E-state index contributed by atoms with van der Waals surface area (Å²) >= 11 is 0. The van der Waals surface area contributed by atoms with Crippen molar-refractivity contribution in [3.8, 4) is 0 Å². The van der Waals surface area contributed by atoms with E-state index in [9.17, 15) is 0 Å². The molecule has 0 saturated heterocycles. The van der Waals surface area contributed by atoms with Gasteiger partial charge in [0.15, 0.2) is 0 Å². The summed E-state index contributed by atoms with van der Waals surface area (Å²) in [4.78, 5) is 5.42. The van der Waals surface area contributed by atoms with Crippen molar-refractivity contribution in [3.05, 3.63) is 207 Å². The highest BCUT2D eigenvalue weighted by molar-refractivity contribution is 7.00. The molecule has 3 nitrogen and oxygen atoms in total. The van der Waals surface area contributed by atoms with Gasteiger partial charge in [-0.15, -0.1) is 0 Å². The molecule has 412 valence electrons. The van der Waals surface area contributed by atoms with Crippen molar-refractivity contribution in [2.45, 2.75) is 188 Å². The van der Waals surface area contributed by atoms with Crippen LogP contribution in [0, 0.1) is 6.92 Å². The predicted octanol–water partition coefficient (Wildman–Crippen LogP) is 19.4. The number of fused-ring (bicyclic) bond motifs is 9. The Morgan fingerprint density at radius 2 is 0.901 bits per heavy atom. The minimum atomic E-state index is -0.181. The van der Waals surface area contributed by atoms with Crippen LogP contribution in [0.1, 0.15) is 204 Å². The fourth-order valence-corrected chi connectivity index (χ4v) is 15.4. The lowest BCUT2D eigenvalue weighted by atomic mass is 9.33. The Bertz CT molecular complexity index is 3990. The van der Waals surface area contributed by atoms with E-state index in [-0.39, 0.29) is 50.5 Å². The number of hydrogen-bond acceptors (Lipinski definition) is 3. The summed E-state index contributed by atoms with van der Waals surface area (Å²) in [7, 11) is 0. The molecule has 0 radical (unpaired) electrons. The minimum absolute atomic E-state index is 0.00108. The van der Waals surface area contributed by atoms with Crippen LogP contribution in [0.5, 0.6) is 0 Å². The van der Waals surface area contributed by atoms with Gasteiger partial charge in [-0.3, -0.25) is 0 Å². The van der Waals surface area contributed by atoms with Gasteiger partial charge in [-0.25, -0.2) is 0 Å². The van der Waals surface area contributed by atoms with Gasteiger partial charge in [-0.05, 0) is 190 Å². The molecule has 2 aliphatic heterocycles. The van der Waals surface area contributed by atoms with Crippen molar-refractivity contribution in [2.75, 3.05) is 9.80 Å². The first kappa shape index (κ1) is 53.5. The Labute approximate surface area is 485 Å². The van der Waals surface area contributed by atoms with Crippen molar-refractivity contribution < 1.29 is 4.42 Å². The van der Waals surface area contributed by atoms with Crippen molar-refractivity contribution in [3.63, 3.8) is 0 Å². The third-order valence-electron chi connectivity index (χ3n) is 20.0. The van der Waals surface area contributed by atoms with Gasteiger partial charge in [0.25, 0.3) is 6.71 Å². The predicted molar refractivity (Wildman–Crippen MR) is 348 cm³/mol. The van der Waals surface area contributed by atoms with E-state index in [4.69, 9.17) is 4.42 Å². The summed E-state index contributed by atoms with van der Waals surface area (Å²) in [5.74, 6) is -0.0229. The number of benzene rings is 8. The Balaban J connectivity index is 1.16. The molecule has 9 aromatic rings. The molecular formula is C77H85BN2O. The van der Waals surface area contributed by atoms with Crippen LogP contribution in [-0.2, 0) is 37.9 Å². The molecule has 0 fully saturated rings. The van der Waals surface area contributed by atoms with E-state index in [2.05, 4.69) is 280 Å². The largest absolute Gasteiger partial charge is 0.456 e. The minimum Gasteiger partial charge on any atom is -0.456 e. The smallest absolute Gasteiger partial charge is 0.252 e. The van der Waals surface area contributed by atoms with Gasteiger partial charge in [0.2, 0.25) is 0 Å². The fraction of sp³-hybridized carbons (Fsp3) is 0.377. The van der Waals surface area contributed by atoms with E-state index in [0.717, 1.165) is 40.5 Å². The van der Waals surface area contributed by atoms with Gasteiger partial charge in [0, 0.05) is 39.7 Å². The van der Waals surface area contributed by atoms with Crippen molar-refractivity contribution in [2.24, 2.45) is 0 Å². The summed E-state index contributed by atoms with van der Waals surface area (Å²) in [6.07, 6.45) is 3.44. The molecule has 2 aliphatic carbocycles. The number of rotatable bonds is 5. The SMILES string of the molecule is Cc1cc2c(cc1N1c3cc4c(cc3B3c5ccc(C(c6ccc(C(C)(C)C)cc6)c6ccc(C(C)(C)C)cc6)cc5N(c5cccc6oc7ccccc7c56)c5cc(C(C)(C)C)cc1c53)C(C)(C)CC4(C)C)C(C)(C)CCC2(C)C. The first-order valence-corrected chi connectivity index (χ1v) is 30.3. The first-order valence-electron chi connectivity index (χ1n) is 30.3. The molecule has 4 heteroatoms. The van der Waals surface area contributed by atoms with Crippen LogP contribution in [0.25, 0.3) is 21.9 Å². The second-order valence-electron chi connectivity index (χ2n) is 30.9. The quantitative estimate of drug-likeness (QED) is 0.126. The van der Waals surface area contributed by atoms with E-state index >= 15 is 0 Å². The summed E-state index contributed by atoms with van der Waals surface area (Å²) < 4.78 is 6.81. The Morgan fingerprint density at radius 1 is 0.420 bits per heavy atom. The molecular weight excluding hydrogens is 980 g/mol. The van der Waals surface area contributed by atoms with Crippen molar-refractivity contribution in [1.29, 1.82) is 0 Å². The van der Waals surface area contributed by atoms with E-state index in [1.807, 2.05) is 0 Å². The van der Waals surface area contributed by atoms with Crippen LogP contribution in [0.2, 0.25) is 0 Å². The lowest BCUT2D eigenvalue weighted by molar-refractivity contribution is 0.332. The molecule has 81 heavy (non-hydrogen) atoms. The number of nitrogens with zero attached hydrogens (tertiary/aromatic N) is 2. The zero-order valence-electron chi connectivity index (χ0n) is 51.9. The molecule has 13 rings (SSSR count). The van der Waals surface area contributed by atoms with Gasteiger partial charge in [0.05, 0.1) is 11.1 Å². The van der Waals surface area contributed by atoms with E-state index < -0.39 is 0 Å². The Kier molecular flexibility index (Phi) is 11.6. The summed E-state index contributed by atoms with van der Waals surface area (Å²) in [5, 5.41) is 2.26. The lowest BCUT2D eigenvalue weighted by Gasteiger charge is -2.47. The molecule has 0 bridgehead atoms. The molecule has 0 amide bonds. The van der Waals surface area contributed by atoms with Crippen LogP contribution in [0.3, 0.4) is 0 Å². The lowest BCUT2D eigenvalue weighted by Crippen LogP contribution is -2.61. The van der Waals surface area contributed by atoms with Gasteiger partial charge in [0.1, 0.15) is 11.2 Å². The zero-order chi connectivity index (χ0) is 57.5. The van der Waals surface area contributed by atoms with Gasteiger partial charge in [-0.1, -0.05) is 215 Å². The summed E-state index contributed by atoms with van der Waals surface area (Å²) in [6, 6.07) is 57.8. The maximum atomic E-state index is 6.81. The van der Waals surface area contributed by atoms with Gasteiger partial charge >= 0.3 is 0 Å². The van der Waals surface area contributed by atoms with Crippen molar-refractivity contribution in [1.82, 2.24) is 0 Å². The molecule has 0 unspecified atom stereocenters. The van der Waals surface area contributed by atoms with E-state index in [1.54, 1.807) is 0 Å². The summed E-state index contributed by atoms with van der Waals surface area (Å²) in [5.41, 5.74) is 28.5. The monoisotopic (exact) mass is 1060 g/mol. The number of furan rings is 1. The molecule has 0 saturated carbocycles. The van der Waals surface area contributed by atoms with E-state index in [1.165, 1.54) is 112 Å². The van der Waals surface area contributed by atoms with Crippen LogP contribution in [-0.4, -0.2) is 6.71 Å². The van der Waals surface area contributed by atoms with Crippen molar-refractivity contribution >= 4 is 79.2 Å². The van der Waals surface area contributed by atoms with Gasteiger partial charge in [-0.2, -0.15) is 0 Å². The molecule has 0 N–H and O–H groups in total. The third kappa shape index (κ3) is 8.41. The fourth-order valence-electron chi connectivity index (χ4n) is 15.4.